The van der Waals surface area contributed by atoms with Crippen molar-refractivity contribution in [1.82, 2.24) is 9.97 Å². The third-order valence-corrected chi connectivity index (χ3v) is 24.0. The van der Waals surface area contributed by atoms with Crippen LogP contribution in [-0.2, 0) is 0 Å². The monoisotopic (exact) mass is 1630 g/mol. The van der Waals surface area contributed by atoms with E-state index in [9.17, 15) is 4.39 Å². The Morgan fingerprint density at radius 2 is 0.780 bits per heavy atom. The number of hydrogen-bond acceptors (Lipinski definition) is 4. The quantitative estimate of drug-likeness (QED) is 0.108. The summed E-state index contributed by atoms with van der Waals surface area (Å²) in [5.41, 5.74) is 17.8. The van der Waals surface area contributed by atoms with E-state index in [0.29, 0.717) is 59.2 Å². The molecule has 646 valence electrons. The van der Waals surface area contributed by atoms with Gasteiger partial charge in [-0.25, -0.2) is 9.37 Å². The molecular weight excluding hydrogens is 1470 g/mol. The number of fused-ring (bicyclic) bond motifs is 1. The van der Waals surface area contributed by atoms with Crippen LogP contribution in [0.4, 0.5) is 4.39 Å². The number of aryl methyl sites for hydroxylation is 5. The second-order valence-electron chi connectivity index (χ2n) is 37.3. The van der Waals surface area contributed by atoms with Crippen molar-refractivity contribution in [3.8, 4) is 0 Å². The molecular formula is C113H165FN2S2. The molecule has 3 heterocycles. The van der Waals surface area contributed by atoms with Gasteiger partial charge in [-0.3, -0.25) is 4.98 Å². The molecule has 14 rings (SSSR count). The average Bonchev–Trinajstić information content (AvgIpc) is 1.74. The van der Waals surface area contributed by atoms with Gasteiger partial charge in [0, 0.05) is 34.8 Å². The van der Waals surface area contributed by atoms with Crippen molar-refractivity contribution in [2.75, 3.05) is 0 Å². The number of nitrogens with zero attached hydrogens (tertiary/aromatic N) is 2. The van der Waals surface area contributed by atoms with E-state index in [2.05, 4.69) is 412 Å². The second kappa shape index (κ2) is 58.4. The Morgan fingerprint density at radius 3 is 1.06 bits per heavy atom. The van der Waals surface area contributed by atoms with Gasteiger partial charge in [-0.1, -0.05) is 411 Å². The van der Waals surface area contributed by atoms with E-state index in [0.717, 1.165) is 46.1 Å². The summed E-state index contributed by atoms with van der Waals surface area (Å²) < 4.78 is 12.9. The highest BCUT2D eigenvalue weighted by atomic mass is 32.1. The molecule has 3 aliphatic rings. The van der Waals surface area contributed by atoms with E-state index in [1.165, 1.54) is 127 Å². The molecule has 0 spiro atoms. The van der Waals surface area contributed by atoms with Gasteiger partial charge in [-0.2, -0.15) is 0 Å². The number of hydrogen-bond donors (Lipinski definition) is 0. The highest BCUT2D eigenvalue weighted by molar-refractivity contribution is 7.10. The summed E-state index contributed by atoms with van der Waals surface area (Å²) >= 11 is 3.55. The van der Waals surface area contributed by atoms with Crippen molar-refractivity contribution in [2.24, 2.45) is 35.0 Å². The lowest BCUT2D eigenvalue weighted by atomic mass is 9.95. The smallest absolute Gasteiger partial charge is 0.126 e. The van der Waals surface area contributed by atoms with Crippen LogP contribution in [0, 0.1) is 75.4 Å². The molecule has 0 atom stereocenters. The Balaban J connectivity index is 0.000000435. The molecule has 3 saturated carbocycles. The summed E-state index contributed by atoms with van der Waals surface area (Å²) in [6.07, 6.45) is 16.0. The summed E-state index contributed by atoms with van der Waals surface area (Å²) in [4.78, 5) is 9.62. The molecule has 0 saturated heterocycles. The predicted molar refractivity (Wildman–Crippen MR) is 530 cm³/mol. The van der Waals surface area contributed by atoms with Gasteiger partial charge in [-0.05, 0) is 245 Å². The molecule has 8 aromatic carbocycles. The average molecular weight is 1630 g/mol. The van der Waals surface area contributed by atoms with Gasteiger partial charge >= 0.3 is 0 Å². The third kappa shape index (κ3) is 48.0. The minimum atomic E-state index is -0.101. The zero-order chi connectivity index (χ0) is 88.6. The van der Waals surface area contributed by atoms with Crippen LogP contribution in [0.25, 0.3) is 10.8 Å². The maximum Gasteiger partial charge on any atom is 0.126 e. The van der Waals surface area contributed by atoms with Gasteiger partial charge in [0.15, 0.2) is 0 Å². The number of rotatable bonds is 14. The van der Waals surface area contributed by atoms with Crippen LogP contribution in [0.5, 0.6) is 0 Å². The van der Waals surface area contributed by atoms with Crippen LogP contribution in [0.1, 0.15) is 373 Å². The molecule has 118 heavy (non-hydrogen) atoms. The largest absolute Gasteiger partial charge is 0.264 e. The summed E-state index contributed by atoms with van der Waals surface area (Å²) in [6, 6.07) is 74.1. The first-order valence-electron chi connectivity index (χ1n) is 45.0. The SMILES string of the molecule is CC(C)C1(C)CC1.CC(C)C1CC1.CC(C)CC1CC1.CC(C)c1ccc2ccccc2c1.CC(C)c1ccccc1.CC(C)c1cccnc1.CC(C)c1cccs1.CC(C)c1nccs1.Cc1ccc(C(C)C)cc1.Cc1ccc(C(C)C)cc1.Cc1ccc(C(C)C)cc1.Cc1ccc(C(C)C)cc1F.Cc1ccccc1C(C)C. The third-order valence-electron chi connectivity index (χ3n) is 21.7. The predicted octanol–water partition coefficient (Wildman–Crippen LogP) is 36.8. The Morgan fingerprint density at radius 1 is 0.356 bits per heavy atom. The van der Waals surface area contributed by atoms with Crippen LogP contribution < -0.4 is 0 Å². The Hall–Kier alpha value is -7.57. The van der Waals surface area contributed by atoms with E-state index >= 15 is 0 Å². The first kappa shape index (κ1) is 107. The van der Waals surface area contributed by atoms with Gasteiger partial charge in [0.25, 0.3) is 0 Å². The van der Waals surface area contributed by atoms with Crippen LogP contribution in [0.3, 0.4) is 0 Å². The van der Waals surface area contributed by atoms with E-state index in [-0.39, 0.29) is 5.82 Å². The zero-order valence-corrected chi connectivity index (χ0v) is 81.9. The van der Waals surface area contributed by atoms with Crippen LogP contribution in [-0.4, -0.2) is 9.97 Å². The zero-order valence-electron chi connectivity index (χ0n) is 80.3. The van der Waals surface area contributed by atoms with E-state index in [1.807, 2.05) is 53.4 Å². The van der Waals surface area contributed by atoms with Crippen LogP contribution in [0.2, 0.25) is 0 Å². The fourth-order valence-corrected chi connectivity index (χ4v) is 13.3. The van der Waals surface area contributed by atoms with Crippen molar-refractivity contribution in [3.05, 3.63) is 330 Å². The summed E-state index contributed by atoms with van der Waals surface area (Å²) in [5, 5.41) is 8.02. The van der Waals surface area contributed by atoms with Crippen LogP contribution >= 0.6 is 22.7 Å². The number of aromatic nitrogens is 2. The molecule has 0 amide bonds. The van der Waals surface area contributed by atoms with Gasteiger partial charge in [0.2, 0.25) is 0 Å². The lowest BCUT2D eigenvalue weighted by molar-refractivity contribution is 0.397. The maximum absolute atomic E-state index is 12.9. The van der Waals surface area contributed by atoms with E-state index in [4.69, 9.17) is 0 Å². The number of benzene rings is 8. The Kier molecular flexibility index (Phi) is 52.7. The molecule has 0 aliphatic heterocycles. The molecule has 3 fully saturated rings. The van der Waals surface area contributed by atoms with Crippen molar-refractivity contribution < 1.29 is 4.39 Å². The highest BCUT2D eigenvalue weighted by Crippen LogP contribution is 2.51. The summed E-state index contributed by atoms with van der Waals surface area (Å²) in [6.45, 7) is 70.3. The fourth-order valence-electron chi connectivity index (χ4n) is 11.9. The number of thiazole rings is 1. The number of halogens is 1. The van der Waals surface area contributed by atoms with Gasteiger partial charge in [0.05, 0.1) is 5.01 Å². The summed E-state index contributed by atoms with van der Waals surface area (Å²) in [5.74, 6) is 11.1. The minimum absolute atomic E-state index is 0.101. The maximum atomic E-state index is 12.9. The molecule has 3 aromatic heterocycles. The second-order valence-corrected chi connectivity index (χ2v) is 39.2. The van der Waals surface area contributed by atoms with Crippen molar-refractivity contribution in [2.45, 2.75) is 326 Å². The van der Waals surface area contributed by atoms with Gasteiger partial charge in [0.1, 0.15) is 5.82 Å². The van der Waals surface area contributed by atoms with Crippen molar-refractivity contribution in [3.63, 3.8) is 0 Å². The lowest BCUT2D eigenvalue weighted by Gasteiger charge is -2.10. The molecule has 0 radical (unpaired) electrons. The normalized spacial score (nSPS) is 12.6. The van der Waals surface area contributed by atoms with E-state index < -0.39 is 0 Å². The first-order chi connectivity index (χ1) is 55.7. The van der Waals surface area contributed by atoms with Gasteiger partial charge < -0.3 is 0 Å². The number of pyridine rings is 1. The minimum Gasteiger partial charge on any atom is -0.264 e. The molecule has 5 heteroatoms. The fraction of sp³-hybridized carbons (Fsp3) is 0.487. The Labute approximate surface area is 733 Å². The molecule has 0 N–H and O–H groups in total. The topological polar surface area (TPSA) is 25.8 Å². The standard InChI is InChI=1S/C13H14.C10H13F.4C10H14.C9H12.C8H11N.C7H10S.2C7H14.C6H9NS.C6H12/c1-10(2)12-8-7-11-5-3-4-6-13(11)9-12;1-7(2)9-5-4-8(3)10(11)6-9;3*1-8(2)10-6-4-9(3)5-7-10;1-8(2)10-7-5-4-6-9(10)3;1-8(2)9-6-4-3-5-7-9;1-7(2)8-4-3-5-9-6-8;1-6(2)7-4-3-5-8-7;1-6(2)7(3)4-5-7;1-6(2)5-7-3-4-7;1-5(2)6-7-3-4-8-6;1-5(2)6-3-4-6/h3-10H,1-2H3;4-7H,1-3H3;4*4-8H,1-3H3;3-8H,1-2H3;3-7H,1-2H3;3-6H,1-2H3;6H,4-5H2,1-3H3;6-7H,3-5H2,1-2H3;3-5H,1-2H3;5-6H,3-4H2,1-2H3. The van der Waals surface area contributed by atoms with Gasteiger partial charge in [-0.15, -0.1) is 22.7 Å². The highest BCUT2D eigenvalue weighted by Gasteiger charge is 2.39. The Bertz CT molecular complexity index is 4040. The van der Waals surface area contributed by atoms with Crippen molar-refractivity contribution in [1.29, 1.82) is 0 Å². The lowest BCUT2D eigenvalue weighted by Crippen LogP contribution is -2.01. The molecule has 11 aromatic rings. The van der Waals surface area contributed by atoms with Crippen LogP contribution in [0.15, 0.2) is 242 Å². The van der Waals surface area contributed by atoms with E-state index in [1.54, 1.807) is 30.5 Å². The molecule has 3 aliphatic carbocycles. The molecule has 0 bridgehead atoms. The summed E-state index contributed by atoms with van der Waals surface area (Å²) in [7, 11) is 0. The molecule has 0 unspecified atom stereocenters. The number of thiophene rings is 1. The first-order valence-corrected chi connectivity index (χ1v) is 46.8. The molecule has 2 nitrogen and oxygen atoms in total. The van der Waals surface area contributed by atoms with Crippen molar-refractivity contribution >= 4 is 33.4 Å².